The summed E-state index contributed by atoms with van der Waals surface area (Å²) >= 11 is 1.92. The Balaban J connectivity index is 2.08. The fourth-order valence-corrected chi connectivity index (χ4v) is 3.43. The van der Waals surface area contributed by atoms with Gasteiger partial charge in [-0.25, -0.2) is 0 Å². The molecule has 1 fully saturated rings. The van der Waals surface area contributed by atoms with Crippen LogP contribution >= 0.6 is 11.8 Å². The topological polar surface area (TPSA) is 59.5 Å². The maximum Gasteiger partial charge on any atom is 0.289 e. The van der Waals surface area contributed by atoms with Gasteiger partial charge in [-0.1, -0.05) is 13.8 Å². The van der Waals surface area contributed by atoms with Crippen molar-refractivity contribution in [1.29, 1.82) is 0 Å². The predicted octanol–water partition coefficient (Wildman–Crippen LogP) is 1.70. The van der Waals surface area contributed by atoms with E-state index < -0.39 is 0 Å². The van der Waals surface area contributed by atoms with E-state index in [1.807, 2.05) is 16.7 Å². The van der Waals surface area contributed by atoms with Crippen molar-refractivity contribution in [1.82, 2.24) is 4.90 Å². The highest BCUT2D eigenvalue weighted by molar-refractivity contribution is 8.00. The van der Waals surface area contributed by atoms with Crippen LogP contribution in [0.4, 0.5) is 0 Å². The SMILES string of the molecule is CC1CN(C(=O)c2ccc(CN)o2)CC(C)S1. The van der Waals surface area contributed by atoms with Crippen LogP contribution in [0.2, 0.25) is 0 Å². The number of furan rings is 1. The van der Waals surface area contributed by atoms with Crippen LogP contribution in [0.25, 0.3) is 0 Å². The smallest absolute Gasteiger partial charge is 0.289 e. The molecule has 0 radical (unpaired) electrons. The number of carbonyl (C=O) groups excluding carboxylic acids is 1. The standard InChI is InChI=1S/C12H18N2O2S/c1-8-6-14(7-9(2)17-8)12(15)11-4-3-10(5-13)16-11/h3-4,8-9H,5-7,13H2,1-2H3. The first kappa shape index (κ1) is 12.5. The molecule has 94 valence electrons. The van der Waals surface area contributed by atoms with Crippen LogP contribution in [0.5, 0.6) is 0 Å². The van der Waals surface area contributed by atoms with Gasteiger partial charge in [0.15, 0.2) is 5.76 Å². The molecule has 2 N–H and O–H groups in total. The minimum atomic E-state index is -0.0244. The molecule has 2 atom stereocenters. The lowest BCUT2D eigenvalue weighted by Crippen LogP contribution is -2.43. The summed E-state index contributed by atoms with van der Waals surface area (Å²) in [5, 5.41) is 0.957. The van der Waals surface area contributed by atoms with Crippen LogP contribution in [-0.2, 0) is 6.54 Å². The number of rotatable bonds is 2. The van der Waals surface area contributed by atoms with Crippen LogP contribution in [0, 0.1) is 0 Å². The number of hydrogen-bond donors (Lipinski definition) is 1. The second-order valence-electron chi connectivity index (χ2n) is 4.44. The van der Waals surface area contributed by atoms with Gasteiger partial charge in [0, 0.05) is 23.6 Å². The predicted molar refractivity (Wildman–Crippen MR) is 69.0 cm³/mol. The second-order valence-corrected chi connectivity index (χ2v) is 6.32. The van der Waals surface area contributed by atoms with Gasteiger partial charge in [-0.05, 0) is 12.1 Å². The van der Waals surface area contributed by atoms with E-state index in [-0.39, 0.29) is 5.91 Å². The van der Waals surface area contributed by atoms with E-state index in [0.717, 1.165) is 13.1 Å². The lowest BCUT2D eigenvalue weighted by molar-refractivity contribution is 0.0719. The Morgan fingerprint density at radius 1 is 1.47 bits per heavy atom. The van der Waals surface area contributed by atoms with Crippen LogP contribution in [-0.4, -0.2) is 34.4 Å². The minimum absolute atomic E-state index is 0.0244. The maximum atomic E-state index is 12.2. The molecule has 1 aromatic heterocycles. The summed E-state index contributed by atoms with van der Waals surface area (Å²) in [5.41, 5.74) is 5.46. The summed E-state index contributed by atoms with van der Waals surface area (Å²) in [6, 6.07) is 3.47. The molecular weight excluding hydrogens is 236 g/mol. The number of nitrogens with two attached hydrogens (primary N) is 1. The molecule has 2 unspecified atom stereocenters. The van der Waals surface area contributed by atoms with Crippen molar-refractivity contribution in [3.63, 3.8) is 0 Å². The number of amides is 1. The highest BCUT2D eigenvalue weighted by atomic mass is 32.2. The van der Waals surface area contributed by atoms with Gasteiger partial charge in [0.1, 0.15) is 5.76 Å². The first-order valence-corrected chi connectivity index (χ1v) is 6.78. The summed E-state index contributed by atoms with van der Waals surface area (Å²) in [6.45, 7) is 6.19. The van der Waals surface area contributed by atoms with Gasteiger partial charge >= 0.3 is 0 Å². The molecule has 1 aliphatic heterocycles. The van der Waals surface area contributed by atoms with Crippen molar-refractivity contribution in [3.8, 4) is 0 Å². The molecule has 1 aliphatic rings. The van der Waals surface area contributed by atoms with Gasteiger partial charge in [-0.15, -0.1) is 0 Å². The van der Waals surface area contributed by atoms with E-state index in [4.69, 9.17) is 10.2 Å². The summed E-state index contributed by atoms with van der Waals surface area (Å²) in [7, 11) is 0. The van der Waals surface area contributed by atoms with Gasteiger partial charge in [-0.3, -0.25) is 4.79 Å². The molecule has 0 spiro atoms. The summed E-state index contributed by atoms with van der Waals surface area (Å²) in [5.74, 6) is 1.03. The number of carbonyl (C=O) groups is 1. The highest BCUT2D eigenvalue weighted by Gasteiger charge is 2.27. The Labute approximate surface area is 106 Å². The number of nitrogens with zero attached hydrogens (tertiary/aromatic N) is 1. The highest BCUT2D eigenvalue weighted by Crippen LogP contribution is 2.26. The summed E-state index contributed by atoms with van der Waals surface area (Å²) in [6.07, 6.45) is 0. The third-order valence-corrected chi connectivity index (χ3v) is 4.01. The fraction of sp³-hybridized carbons (Fsp3) is 0.583. The van der Waals surface area contributed by atoms with E-state index in [1.54, 1.807) is 12.1 Å². The third kappa shape index (κ3) is 2.84. The molecule has 0 aliphatic carbocycles. The first-order valence-electron chi connectivity index (χ1n) is 5.83. The molecular formula is C12H18N2O2S. The molecule has 1 amide bonds. The summed E-state index contributed by atoms with van der Waals surface area (Å²) < 4.78 is 5.40. The number of thioether (sulfide) groups is 1. The Morgan fingerprint density at radius 3 is 2.65 bits per heavy atom. The lowest BCUT2D eigenvalue weighted by atomic mass is 10.3. The molecule has 0 saturated carbocycles. The van der Waals surface area contributed by atoms with Crippen molar-refractivity contribution < 1.29 is 9.21 Å². The van der Waals surface area contributed by atoms with Gasteiger partial charge in [0.2, 0.25) is 0 Å². The lowest BCUT2D eigenvalue weighted by Gasteiger charge is -2.34. The Hall–Kier alpha value is -0.940. The zero-order valence-corrected chi connectivity index (χ0v) is 11.0. The van der Waals surface area contributed by atoms with E-state index in [1.165, 1.54) is 0 Å². The number of hydrogen-bond acceptors (Lipinski definition) is 4. The largest absolute Gasteiger partial charge is 0.455 e. The van der Waals surface area contributed by atoms with Crippen molar-refractivity contribution in [2.75, 3.05) is 13.1 Å². The zero-order chi connectivity index (χ0) is 12.4. The second kappa shape index (κ2) is 5.14. The van der Waals surface area contributed by atoms with Crippen molar-refractivity contribution in [2.45, 2.75) is 30.9 Å². The molecule has 4 nitrogen and oxygen atoms in total. The average Bonchev–Trinajstić information content (AvgIpc) is 2.75. The maximum absolute atomic E-state index is 12.2. The van der Waals surface area contributed by atoms with Crippen LogP contribution in [0.15, 0.2) is 16.5 Å². The van der Waals surface area contributed by atoms with E-state index in [2.05, 4.69) is 13.8 Å². The van der Waals surface area contributed by atoms with Crippen molar-refractivity contribution in [3.05, 3.63) is 23.7 Å². The fourth-order valence-electron chi connectivity index (χ4n) is 2.10. The Morgan fingerprint density at radius 2 is 2.12 bits per heavy atom. The van der Waals surface area contributed by atoms with Crippen LogP contribution in [0.1, 0.15) is 30.2 Å². The van der Waals surface area contributed by atoms with E-state index in [9.17, 15) is 4.79 Å². The first-order chi connectivity index (χ1) is 8.10. The molecule has 1 saturated heterocycles. The van der Waals surface area contributed by atoms with Gasteiger partial charge in [0.05, 0.1) is 6.54 Å². The molecule has 2 rings (SSSR count). The minimum Gasteiger partial charge on any atom is -0.455 e. The Kier molecular flexibility index (Phi) is 3.79. The van der Waals surface area contributed by atoms with Gasteiger partial charge in [-0.2, -0.15) is 11.8 Å². The molecule has 17 heavy (non-hydrogen) atoms. The normalized spacial score (nSPS) is 25.0. The van der Waals surface area contributed by atoms with Crippen molar-refractivity contribution in [2.24, 2.45) is 5.73 Å². The third-order valence-electron chi connectivity index (χ3n) is 2.78. The van der Waals surface area contributed by atoms with E-state index in [0.29, 0.717) is 28.6 Å². The monoisotopic (exact) mass is 254 g/mol. The molecule has 2 heterocycles. The van der Waals surface area contributed by atoms with Gasteiger partial charge in [0.25, 0.3) is 5.91 Å². The molecule has 5 heteroatoms. The van der Waals surface area contributed by atoms with Crippen molar-refractivity contribution >= 4 is 17.7 Å². The van der Waals surface area contributed by atoms with Crippen LogP contribution in [0.3, 0.4) is 0 Å². The van der Waals surface area contributed by atoms with Gasteiger partial charge < -0.3 is 15.1 Å². The Bertz CT molecular complexity index is 395. The molecule has 0 aromatic carbocycles. The van der Waals surface area contributed by atoms with E-state index >= 15 is 0 Å². The quantitative estimate of drug-likeness (QED) is 0.872. The molecule has 1 aromatic rings. The molecule has 0 bridgehead atoms. The zero-order valence-electron chi connectivity index (χ0n) is 10.2. The van der Waals surface area contributed by atoms with Crippen LogP contribution < -0.4 is 5.73 Å². The summed E-state index contributed by atoms with van der Waals surface area (Å²) in [4.78, 5) is 14.1. The average molecular weight is 254 g/mol.